The molecule has 36 heavy (non-hydrogen) atoms. The van der Waals surface area contributed by atoms with Gasteiger partial charge in [0, 0.05) is 42.7 Å². The van der Waals surface area contributed by atoms with Gasteiger partial charge in [-0.15, -0.1) is 0 Å². The average Bonchev–Trinajstić information content (AvgIpc) is 2.90. The van der Waals surface area contributed by atoms with Crippen LogP contribution < -0.4 is 21.1 Å². The number of nitrogens with zero attached hydrogens (tertiary/aromatic N) is 3. The minimum Gasteiger partial charge on any atom is -0.367 e. The van der Waals surface area contributed by atoms with Crippen molar-refractivity contribution in [3.63, 3.8) is 0 Å². The van der Waals surface area contributed by atoms with Gasteiger partial charge in [0.05, 0.1) is 22.5 Å². The molecule has 182 valence electrons. The molecule has 5 rings (SSSR count). The average molecular weight is 483 g/mol. The van der Waals surface area contributed by atoms with Crippen LogP contribution >= 0.6 is 0 Å². The summed E-state index contributed by atoms with van der Waals surface area (Å²) in [5, 5.41) is 13.4. The van der Waals surface area contributed by atoms with Gasteiger partial charge in [-0.05, 0) is 37.4 Å². The summed E-state index contributed by atoms with van der Waals surface area (Å²) in [6, 6.07) is 20.9. The molecule has 1 saturated heterocycles. The molecular formula is C27H26N6O3. The van der Waals surface area contributed by atoms with Gasteiger partial charge in [-0.25, -0.2) is 9.89 Å². The summed E-state index contributed by atoms with van der Waals surface area (Å²) in [6.07, 6.45) is 0. The van der Waals surface area contributed by atoms with Crippen molar-refractivity contribution >= 4 is 34.1 Å². The number of carbonyl (C=O) groups excluding carboxylic acids is 2. The number of hydrogen-bond acceptors (Lipinski definition) is 6. The molecule has 3 N–H and O–H groups in total. The smallest absolute Gasteiger partial charge is 0.326 e. The number of H-pyrrole nitrogens is 1. The Kier molecular flexibility index (Phi) is 6.46. The maximum Gasteiger partial charge on any atom is 0.326 e. The Morgan fingerprint density at radius 2 is 1.58 bits per heavy atom. The Hall–Kier alpha value is -4.50. The molecule has 1 fully saturated rings. The van der Waals surface area contributed by atoms with E-state index in [2.05, 4.69) is 37.7 Å². The third kappa shape index (κ3) is 4.82. The van der Waals surface area contributed by atoms with Crippen molar-refractivity contribution in [1.82, 2.24) is 20.4 Å². The van der Waals surface area contributed by atoms with Gasteiger partial charge in [-0.1, -0.05) is 42.5 Å². The highest BCUT2D eigenvalue weighted by atomic mass is 16.2. The lowest BCUT2D eigenvalue weighted by molar-refractivity contribution is 0.0967. The number of imide groups is 1. The van der Waals surface area contributed by atoms with Crippen molar-refractivity contribution in [1.29, 1.82) is 0 Å². The number of aromatic nitrogens is 2. The van der Waals surface area contributed by atoms with Gasteiger partial charge in [0.25, 0.3) is 11.5 Å². The third-order valence-electron chi connectivity index (χ3n) is 6.32. The number of piperazine rings is 1. The number of carbonyl (C=O) groups is 2. The highest BCUT2D eigenvalue weighted by Gasteiger charge is 2.20. The number of rotatable bonds is 4. The Morgan fingerprint density at radius 1 is 0.889 bits per heavy atom. The zero-order valence-electron chi connectivity index (χ0n) is 19.8. The number of likely N-dealkylation sites (N-methyl/N-ethyl adjacent to an activating group) is 1. The highest BCUT2D eigenvalue weighted by molar-refractivity contribution is 6.09. The Morgan fingerprint density at radius 3 is 2.33 bits per heavy atom. The molecule has 0 aliphatic carbocycles. The van der Waals surface area contributed by atoms with E-state index in [4.69, 9.17) is 0 Å². The molecule has 0 radical (unpaired) electrons. The van der Waals surface area contributed by atoms with Gasteiger partial charge in [-0.3, -0.25) is 14.9 Å². The van der Waals surface area contributed by atoms with Crippen LogP contribution in [0.5, 0.6) is 0 Å². The van der Waals surface area contributed by atoms with E-state index in [9.17, 15) is 14.4 Å². The summed E-state index contributed by atoms with van der Waals surface area (Å²) in [4.78, 5) is 42.1. The zero-order chi connectivity index (χ0) is 25.1. The first-order valence-corrected chi connectivity index (χ1v) is 11.7. The third-order valence-corrected chi connectivity index (χ3v) is 6.32. The highest BCUT2D eigenvalue weighted by Crippen LogP contribution is 2.33. The van der Waals surface area contributed by atoms with Crippen LogP contribution in [0.3, 0.4) is 0 Å². The van der Waals surface area contributed by atoms with Crippen LogP contribution in [0, 0.1) is 0 Å². The standard InChI is InChI=1S/C27H26N6O3/c1-32-13-15-33(16-14-32)23-12-11-19(24-20-9-5-6-10-21(20)26(35)31-30-24)17-22(23)28-27(36)29-25(34)18-7-3-2-4-8-18/h2-12,17H,13-16H2,1H3,(H,31,35)(H2,28,29,34,36). The number of nitrogens with one attached hydrogen (secondary N) is 3. The molecule has 0 unspecified atom stereocenters. The van der Waals surface area contributed by atoms with E-state index >= 15 is 0 Å². The van der Waals surface area contributed by atoms with E-state index in [-0.39, 0.29) is 5.56 Å². The fourth-order valence-corrected chi connectivity index (χ4v) is 4.36. The van der Waals surface area contributed by atoms with Gasteiger partial charge in [0.15, 0.2) is 0 Å². The molecule has 3 aromatic carbocycles. The minimum absolute atomic E-state index is 0.263. The van der Waals surface area contributed by atoms with Crippen LogP contribution in [0.4, 0.5) is 16.2 Å². The van der Waals surface area contributed by atoms with Crippen LogP contribution in [0.1, 0.15) is 10.4 Å². The van der Waals surface area contributed by atoms with Gasteiger partial charge in [0.1, 0.15) is 0 Å². The van der Waals surface area contributed by atoms with Crippen molar-refractivity contribution in [2.24, 2.45) is 0 Å². The lowest BCUT2D eigenvalue weighted by atomic mass is 10.0. The van der Waals surface area contributed by atoms with E-state index in [1.165, 1.54) is 0 Å². The van der Waals surface area contributed by atoms with Crippen molar-refractivity contribution in [3.05, 3.63) is 88.7 Å². The molecule has 2 heterocycles. The van der Waals surface area contributed by atoms with Gasteiger partial charge < -0.3 is 15.1 Å². The molecule has 1 aliphatic heterocycles. The summed E-state index contributed by atoms with van der Waals surface area (Å²) in [6.45, 7) is 3.39. The number of benzene rings is 3. The van der Waals surface area contributed by atoms with Crippen molar-refractivity contribution in [2.45, 2.75) is 0 Å². The zero-order valence-corrected chi connectivity index (χ0v) is 19.8. The van der Waals surface area contributed by atoms with Crippen molar-refractivity contribution in [2.75, 3.05) is 43.4 Å². The first-order valence-electron chi connectivity index (χ1n) is 11.7. The molecular weight excluding hydrogens is 456 g/mol. The van der Waals surface area contributed by atoms with E-state index in [1.807, 2.05) is 30.3 Å². The molecule has 9 nitrogen and oxygen atoms in total. The first kappa shape index (κ1) is 23.3. The lowest BCUT2D eigenvalue weighted by Gasteiger charge is -2.35. The molecule has 0 bridgehead atoms. The Balaban J connectivity index is 1.50. The molecule has 0 saturated carbocycles. The molecule has 1 aliphatic rings. The first-order chi connectivity index (χ1) is 17.5. The Labute approximate surface area is 207 Å². The van der Waals surface area contributed by atoms with Crippen LogP contribution in [-0.4, -0.2) is 60.3 Å². The fourth-order valence-electron chi connectivity index (χ4n) is 4.36. The molecule has 0 atom stereocenters. The molecule has 9 heteroatoms. The maximum absolute atomic E-state index is 12.9. The van der Waals surface area contributed by atoms with Crippen molar-refractivity contribution < 1.29 is 9.59 Å². The van der Waals surface area contributed by atoms with E-state index in [1.54, 1.807) is 42.5 Å². The molecule has 3 amide bonds. The fraction of sp³-hybridized carbons (Fsp3) is 0.185. The van der Waals surface area contributed by atoms with E-state index in [0.29, 0.717) is 27.7 Å². The largest absolute Gasteiger partial charge is 0.367 e. The van der Waals surface area contributed by atoms with E-state index < -0.39 is 11.9 Å². The predicted octanol–water partition coefficient (Wildman–Crippen LogP) is 3.30. The second-order valence-electron chi connectivity index (χ2n) is 8.74. The monoisotopic (exact) mass is 482 g/mol. The topological polar surface area (TPSA) is 110 Å². The second kappa shape index (κ2) is 10.0. The Bertz CT molecular complexity index is 1480. The summed E-state index contributed by atoms with van der Waals surface area (Å²) in [7, 11) is 2.08. The number of amides is 3. The van der Waals surface area contributed by atoms with Gasteiger partial charge in [0.2, 0.25) is 0 Å². The van der Waals surface area contributed by atoms with Gasteiger partial charge >= 0.3 is 6.03 Å². The second-order valence-corrected chi connectivity index (χ2v) is 8.74. The lowest BCUT2D eigenvalue weighted by Crippen LogP contribution is -2.45. The SMILES string of the molecule is CN1CCN(c2ccc(-c3n[nH]c(=O)c4ccccc34)cc2NC(=O)NC(=O)c2ccccc2)CC1. The van der Waals surface area contributed by atoms with Crippen LogP contribution in [0.15, 0.2) is 77.6 Å². The van der Waals surface area contributed by atoms with Crippen molar-refractivity contribution in [3.8, 4) is 11.3 Å². The maximum atomic E-state index is 12.9. The number of hydrogen-bond donors (Lipinski definition) is 3. The normalized spacial score (nSPS) is 14.0. The summed E-state index contributed by atoms with van der Waals surface area (Å²) < 4.78 is 0. The quantitative estimate of drug-likeness (QED) is 0.412. The van der Waals surface area contributed by atoms with Crippen LogP contribution in [-0.2, 0) is 0 Å². The summed E-state index contributed by atoms with van der Waals surface area (Å²) in [5.74, 6) is -0.487. The number of urea groups is 1. The van der Waals surface area contributed by atoms with Crippen LogP contribution in [0.2, 0.25) is 0 Å². The summed E-state index contributed by atoms with van der Waals surface area (Å²) >= 11 is 0. The number of fused-ring (bicyclic) bond motifs is 1. The molecule has 4 aromatic rings. The molecule has 1 aromatic heterocycles. The molecule has 0 spiro atoms. The predicted molar refractivity (Wildman–Crippen MR) is 140 cm³/mol. The number of aromatic amines is 1. The number of anilines is 2. The summed E-state index contributed by atoms with van der Waals surface area (Å²) in [5.41, 5.74) is 2.85. The minimum atomic E-state index is -0.629. The van der Waals surface area contributed by atoms with E-state index in [0.717, 1.165) is 37.4 Å². The van der Waals surface area contributed by atoms with Crippen LogP contribution in [0.25, 0.3) is 22.0 Å². The van der Waals surface area contributed by atoms with Gasteiger partial charge in [-0.2, -0.15) is 5.10 Å².